The van der Waals surface area contributed by atoms with E-state index < -0.39 is 0 Å². The lowest BCUT2D eigenvalue weighted by Gasteiger charge is -2.11. The minimum Gasteiger partial charge on any atom is -0.487 e. The van der Waals surface area contributed by atoms with E-state index in [0.29, 0.717) is 11.6 Å². The van der Waals surface area contributed by atoms with Crippen molar-refractivity contribution in [3.8, 4) is 5.75 Å². The Morgan fingerprint density at radius 1 is 1.30 bits per heavy atom. The van der Waals surface area contributed by atoms with Gasteiger partial charge in [-0.1, -0.05) is 33.6 Å². The van der Waals surface area contributed by atoms with Gasteiger partial charge in [0.2, 0.25) is 0 Å². The SMILES string of the molecule is CCNc1ccc(Cl)c(COc2cc(Br)ccc2C)n1. The van der Waals surface area contributed by atoms with Crippen LogP contribution < -0.4 is 10.1 Å². The number of hydrogen-bond acceptors (Lipinski definition) is 3. The van der Waals surface area contributed by atoms with Gasteiger partial charge in [0.1, 0.15) is 18.2 Å². The first-order valence-electron chi connectivity index (χ1n) is 6.38. The van der Waals surface area contributed by atoms with Crippen LogP contribution in [0.2, 0.25) is 5.02 Å². The number of anilines is 1. The summed E-state index contributed by atoms with van der Waals surface area (Å²) < 4.78 is 6.80. The number of aromatic nitrogens is 1. The lowest BCUT2D eigenvalue weighted by Crippen LogP contribution is -2.05. The second kappa shape index (κ2) is 6.95. The van der Waals surface area contributed by atoms with Crippen LogP contribution >= 0.6 is 27.5 Å². The van der Waals surface area contributed by atoms with E-state index in [1.165, 1.54) is 0 Å². The van der Waals surface area contributed by atoms with E-state index in [9.17, 15) is 0 Å². The predicted octanol–water partition coefficient (Wildman–Crippen LogP) is 4.82. The van der Waals surface area contributed by atoms with Crippen LogP contribution in [0.5, 0.6) is 5.75 Å². The molecule has 0 amide bonds. The Labute approximate surface area is 132 Å². The van der Waals surface area contributed by atoms with E-state index in [1.807, 2.05) is 44.2 Å². The summed E-state index contributed by atoms with van der Waals surface area (Å²) in [7, 11) is 0. The molecule has 2 rings (SSSR count). The summed E-state index contributed by atoms with van der Waals surface area (Å²) >= 11 is 9.59. The largest absolute Gasteiger partial charge is 0.487 e. The monoisotopic (exact) mass is 354 g/mol. The second-order valence-corrected chi connectivity index (χ2v) is 5.68. The van der Waals surface area contributed by atoms with Gasteiger partial charge in [-0.15, -0.1) is 0 Å². The van der Waals surface area contributed by atoms with Gasteiger partial charge in [0.25, 0.3) is 0 Å². The topological polar surface area (TPSA) is 34.1 Å². The summed E-state index contributed by atoms with van der Waals surface area (Å²) in [6.07, 6.45) is 0. The Kier molecular flexibility index (Phi) is 5.26. The zero-order valence-electron chi connectivity index (χ0n) is 11.4. The molecular weight excluding hydrogens is 340 g/mol. The zero-order valence-corrected chi connectivity index (χ0v) is 13.8. The highest BCUT2D eigenvalue weighted by Crippen LogP contribution is 2.25. The van der Waals surface area contributed by atoms with Crippen LogP contribution in [-0.4, -0.2) is 11.5 Å². The quantitative estimate of drug-likeness (QED) is 0.835. The van der Waals surface area contributed by atoms with Gasteiger partial charge < -0.3 is 10.1 Å². The molecule has 20 heavy (non-hydrogen) atoms. The Morgan fingerprint density at radius 3 is 2.85 bits per heavy atom. The van der Waals surface area contributed by atoms with E-state index in [1.54, 1.807) is 0 Å². The molecular formula is C15H16BrClN2O. The molecule has 0 fully saturated rings. The Bertz CT molecular complexity index is 604. The molecule has 0 saturated heterocycles. The molecule has 1 aromatic carbocycles. The average molecular weight is 356 g/mol. The molecule has 0 unspecified atom stereocenters. The molecule has 0 aliphatic heterocycles. The number of rotatable bonds is 5. The summed E-state index contributed by atoms with van der Waals surface area (Å²) in [6, 6.07) is 9.62. The number of pyridine rings is 1. The number of nitrogens with zero attached hydrogens (tertiary/aromatic N) is 1. The van der Waals surface area contributed by atoms with Crippen LogP contribution in [0, 0.1) is 6.92 Å². The Morgan fingerprint density at radius 2 is 2.10 bits per heavy atom. The lowest BCUT2D eigenvalue weighted by molar-refractivity contribution is 0.299. The van der Waals surface area contributed by atoms with Gasteiger partial charge in [-0.2, -0.15) is 0 Å². The van der Waals surface area contributed by atoms with Crippen LogP contribution in [0.1, 0.15) is 18.2 Å². The summed E-state index contributed by atoms with van der Waals surface area (Å²) in [6.45, 7) is 5.19. The number of aryl methyl sites for hydroxylation is 1. The van der Waals surface area contributed by atoms with Crippen molar-refractivity contribution in [1.82, 2.24) is 4.98 Å². The van der Waals surface area contributed by atoms with Gasteiger partial charge in [-0.25, -0.2) is 4.98 Å². The maximum absolute atomic E-state index is 6.15. The molecule has 1 aromatic heterocycles. The van der Waals surface area contributed by atoms with Crippen LogP contribution in [0.3, 0.4) is 0 Å². The lowest BCUT2D eigenvalue weighted by atomic mass is 10.2. The number of nitrogens with one attached hydrogen (secondary N) is 1. The number of hydrogen-bond donors (Lipinski definition) is 1. The van der Waals surface area contributed by atoms with Gasteiger partial charge in [-0.05, 0) is 43.7 Å². The van der Waals surface area contributed by atoms with E-state index in [0.717, 1.165) is 33.8 Å². The molecule has 0 radical (unpaired) electrons. The highest BCUT2D eigenvalue weighted by Gasteiger charge is 2.07. The van der Waals surface area contributed by atoms with Gasteiger partial charge in [0, 0.05) is 11.0 Å². The van der Waals surface area contributed by atoms with Gasteiger partial charge in [-0.3, -0.25) is 0 Å². The number of benzene rings is 1. The second-order valence-electron chi connectivity index (χ2n) is 4.35. The fourth-order valence-corrected chi connectivity index (χ4v) is 2.24. The van der Waals surface area contributed by atoms with E-state index in [2.05, 4.69) is 26.2 Å². The van der Waals surface area contributed by atoms with Crippen molar-refractivity contribution in [2.24, 2.45) is 0 Å². The third-order valence-electron chi connectivity index (χ3n) is 2.79. The van der Waals surface area contributed by atoms with E-state index in [-0.39, 0.29) is 0 Å². The van der Waals surface area contributed by atoms with Crippen LogP contribution in [0.15, 0.2) is 34.8 Å². The maximum atomic E-state index is 6.15. The normalized spacial score (nSPS) is 10.4. The van der Waals surface area contributed by atoms with Crippen molar-refractivity contribution >= 4 is 33.3 Å². The van der Waals surface area contributed by atoms with Gasteiger partial charge in [0.15, 0.2) is 0 Å². The molecule has 0 aliphatic rings. The first-order valence-corrected chi connectivity index (χ1v) is 7.55. The summed E-state index contributed by atoms with van der Waals surface area (Å²) in [5.41, 5.74) is 1.80. The number of halogens is 2. The maximum Gasteiger partial charge on any atom is 0.132 e. The number of ether oxygens (including phenoxy) is 1. The first-order chi connectivity index (χ1) is 9.60. The van der Waals surface area contributed by atoms with E-state index >= 15 is 0 Å². The third-order valence-corrected chi connectivity index (χ3v) is 3.63. The molecule has 0 aliphatic carbocycles. The van der Waals surface area contributed by atoms with Gasteiger partial charge >= 0.3 is 0 Å². The summed E-state index contributed by atoms with van der Waals surface area (Å²) in [4.78, 5) is 4.45. The van der Waals surface area contributed by atoms with Crippen LogP contribution in [-0.2, 0) is 6.61 Å². The molecule has 0 bridgehead atoms. The third kappa shape index (κ3) is 3.87. The van der Waals surface area contributed by atoms with Crippen molar-refractivity contribution in [3.05, 3.63) is 51.1 Å². The van der Waals surface area contributed by atoms with Crippen molar-refractivity contribution in [3.63, 3.8) is 0 Å². The minimum absolute atomic E-state index is 0.343. The molecule has 5 heteroatoms. The molecule has 1 heterocycles. The van der Waals surface area contributed by atoms with Crippen molar-refractivity contribution in [2.75, 3.05) is 11.9 Å². The van der Waals surface area contributed by atoms with Crippen molar-refractivity contribution in [1.29, 1.82) is 0 Å². The van der Waals surface area contributed by atoms with E-state index in [4.69, 9.17) is 16.3 Å². The standard InChI is InChI=1S/C15H16BrClN2O/c1-3-18-15-7-6-12(17)13(19-15)9-20-14-8-11(16)5-4-10(14)2/h4-8H,3,9H2,1-2H3,(H,18,19). The van der Waals surface area contributed by atoms with Crippen LogP contribution in [0.4, 0.5) is 5.82 Å². The minimum atomic E-state index is 0.343. The van der Waals surface area contributed by atoms with Gasteiger partial charge in [0.05, 0.1) is 10.7 Å². The van der Waals surface area contributed by atoms with Crippen LogP contribution in [0.25, 0.3) is 0 Å². The Hall–Kier alpha value is -1.26. The smallest absolute Gasteiger partial charge is 0.132 e. The molecule has 2 aromatic rings. The molecule has 0 spiro atoms. The molecule has 1 N–H and O–H groups in total. The summed E-state index contributed by atoms with van der Waals surface area (Å²) in [5.74, 6) is 1.63. The summed E-state index contributed by atoms with van der Waals surface area (Å²) in [5, 5.41) is 3.77. The molecule has 3 nitrogen and oxygen atoms in total. The molecule has 106 valence electrons. The Balaban J connectivity index is 2.13. The highest BCUT2D eigenvalue weighted by molar-refractivity contribution is 9.10. The fraction of sp³-hybridized carbons (Fsp3) is 0.267. The average Bonchev–Trinajstić information content (AvgIpc) is 2.43. The van der Waals surface area contributed by atoms with Crippen molar-refractivity contribution < 1.29 is 4.74 Å². The predicted molar refractivity (Wildman–Crippen MR) is 86.6 cm³/mol. The first kappa shape index (κ1) is 15.1. The molecule has 0 saturated carbocycles. The highest BCUT2D eigenvalue weighted by atomic mass is 79.9. The molecule has 0 atom stereocenters. The van der Waals surface area contributed by atoms with Crippen molar-refractivity contribution in [2.45, 2.75) is 20.5 Å². The zero-order chi connectivity index (χ0) is 14.5. The fourth-order valence-electron chi connectivity index (χ4n) is 1.74.